The summed E-state index contributed by atoms with van der Waals surface area (Å²) in [7, 11) is 4.26. The second-order valence-electron chi connectivity index (χ2n) is 7.21. The molecule has 1 aromatic heterocycles. The summed E-state index contributed by atoms with van der Waals surface area (Å²) in [5.74, 6) is 0.0782. The Balaban J connectivity index is 1.53. The summed E-state index contributed by atoms with van der Waals surface area (Å²) >= 11 is 0. The second-order valence-corrected chi connectivity index (χ2v) is 7.21. The predicted octanol–water partition coefficient (Wildman–Crippen LogP) is 2.92. The van der Waals surface area contributed by atoms with Crippen molar-refractivity contribution in [2.45, 2.75) is 50.2 Å². The molecule has 2 aliphatic rings. The Morgan fingerprint density at radius 3 is 2.61 bits per heavy atom. The zero-order valence-electron chi connectivity index (χ0n) is 14.0. The van der Waals surface area contributed by atoms with E-state index < -0.39 is 0 Å². The van der Waals surface area contributed by atoms with Crippen molar-refractivity contribution in [2.24, 2.45) is 7.05 Å². The Hall–Kier alpha value is -1.81. The highest BCUT2D eigenvalue weighted by Crippen LogP contribution is 2.32. The lowest BCUT2D eigenvalue weighted by Crippen LogP contribution is -2.55. The number of carbonyl (C=O) groups excluding carboxylic acids is 1. The minimum atomic E-state index is 0.0782. The SMILES string of the molecule is CN1[C@H]2CCC[C@H]1CC(NC(=O)c1cccc3c1ccn3C)C2. The van der Waals surface area contributed by atoms with Gasteiger partial charge in [0, 0.05) is 47.8 Å². The highest BCUT2D eigenvalue weighted by Gasteiger charge is 2.36. The number of benzene rings is 1. The van der Waals surface area contributed by atoms with Crippen molar-refractivity contribution in [3.05, 3.63) is 36.0 Å². The molecule has 2 atom stereocenters. The molecule has 0 spiro atoms. The average molecular weight is 311 g/mol. The summed E-state index contributed by atoms with van der Waals surface area (Å²) in [4.78, 5) is 15.3. The minimum absolute atomic E-state index is 0.0782. The highest BCUT2D eigenvalue weighted by atomic mass is 16.1. The van der Waals surface area contributed by atoms with Crippen LogP contribution < -0.4 is 5.32 Å². The van der Waals surface area contributed by atoms with Crippen molar-refractivity contribution < 1.29 is 4.79 Å². The van der Waals surface area contributed by atoms with Gasteiger partial charge in [-0.15, -0.1) is 0 Å². The van der Waals surface area contributed by atoms with E-state index in [1.165, 1.54) is 19.3 Å². The number of fused-ring (bicyclic) bond motifs is 3. The number of nitrogens with zero attached hydrogens (tertiary/aromatic N) is 2. The van der Waals surface area contributed by atoms with E-state index >= 15 is 0 Å². The number of piperidine rings is 2. The molecule has 0 radical (unpaired) electrons. The number of carbonyl (C=O) groups is 1. The van der Waals surface area contributed by atoms with Crippen LogP contribution >= 0.6 is 0 Å². The molecule has 0 saturated carbocycles. The molecule has 2 saturated heterocycles. The second kappa shape index (κ2) is 5.68. The van der Waals surface area contributed by atoms with Gasteiger partial charge in [0.05, 0.1) is 0 Å². The Morgan fingerprint density at radius 1 is 1.13 bits per heavy atom. The molecule has 0 unspecified atom stereocenters. The van der Waals surface area contributed by atoms with E-state index in [2.05, 4.69) is 27.9 Å². The van der Waals surface area contributed by atoms with Gasteiger partial charge in [-0.05, 0) is 50.9 Å². The number of amides is 1. The van der Waals surface area contributed by atoms with Gasteiger partial charge in [-0.3, -0.25) is 4.79 Å². The summed E-state index contributed by atoms with van der Waals surface area (Å²) in [5, 5.41) is 4.35. The fourth-order valence-corrected chi connectivity index (χ4v) is 4.50. The van der Waals surface area contributed by atoms with E-state index in [1.807, 2.05) is 31.4 Å². The van der Waals surface area contributed by atoms with Crippen LogP contribution in [0, 0.1) is 0 Å². The van der Waals surface area contributed by atoms with E-state index in [0.29, 0.717) is 18.1 Å². The monoisotopic (exact) mass is 311 g/mol. The van der Waals surface area contributed by atoms with Crippen LogP contribution in [0.5, 0.6) is 0 Å². The average Bonchev–Trinajstić information content (AvgIpc) is 2.90. The maximum atomic E-state index is 12.8. The molecule has 4 nitrogen and oxygen atoms in total. The largest absolute Gasteiger partial charge is 0.351 e. The van der Waals surface area contributed by atoms with Gasteiger partial charge in [0.15, 0.2) is 0 Å². The molecule has 1 N–H and O–H groups in total. The number of nitrogens with one attached hydrogen (secondary N) is 1. The third-order valence-corrected chi connectivity index (χ3v) is 5.85. The van der Waals surface area contributed by atoms with Crippen LogP contribution in [0.4, 0.5) is 0 Å². The van der Waals surface area contributed by atoms with Gasteiger partial charge >= 0.3 is 0 Å². The van der Waals surface area contributed by atoms with Crippen LogP contribution in [0.25, 0.3) is 10.9 Å². The van der Waals surface area contributed by atoms with Crippen LogP contribution in [-0.2, 0) is 7.05 Å². The van der Waals surface area contributed by atoms with Gasteiger partial charge in [0.25, 0.3) is 5.91 Å². The zero-order chi connectivity index (χ0) is 16.0. The fourth-order valence-electron chi connectivity index (χ4n) is 4.50. The van der Waals surface area contributed by atoms with Crippen molar-refractivity contribution in [3.8, 4) is 0 Å². The van der Waals surface area contributed by atoms with Gasteiger partial charge < -0.3 is 14.8 Å². The molecule has 2 aliphatic heterocycles. The standard InChI is InChI=1S/C19H25N3O/c1-21-10-9-16-17(7-4-8-18(16)21)19(23)20-13-11-14-5-3-6-15(12-13)22(14)2/h4,7-10,13-15H,3,5-6,11-12H2,1-2H3,(H,20,23)/t14-,15-/m0/s1. The van der Waals surface area contributed by atoms with Crippen LogP contribution in [0.1, 0.15) is 42.5 Å². The highest BCUT2D eigenvalue weighted by molar-refractivity contribution is 6.06. The van der Waals surface area contributed by atoms with Gasteiger partial charge in [-0.25, -0.2) is 0 Å². The van der Waals surface area contributed by atoms with Gasteiger partial charge in [0.2, 0.25) is 0 Å². The number of hydrogen-bond donors (Lipinski definition) is 1. The van der Waals surface area contributed by atoms with E-state index in [9.17, 15) is 4.79 Å². The first-order chi connectivity index (χ1) is 11.1. The molecular formula is C19H25N3O. The summed E-state index contributed by atoms with van der Waals surface area (Å²) < 4.78 is 2.06. The topological polar surface area (TPSA) is 37.3 Å². The van der Waals surface area contributed by atoms with Crippen molar-refractivity contribution in [1.82, 2.24) is 14.8 Å². The number of hydrogen-bond acceptors (Lipinski definition) is 2. The first kappa shape index (κ1) is 14.8. The van der Waals surface area contributed by atoms with Crippen molar-refractivity contribution >= 4 is 16.8 Å². The number of aromatic nitrogens is 1. The maximum absolute atomic E-state index is 12.8. The van der Waals surface area contributed by atoms with Crippen LogP contribution in [0.15, 0.2) is 30.5 Å². The molecule has 4 heteroatoms. The van der Waals surface area contributed by atoms with Crippen molar-refractivity contribution in [1.29, 1.82) is 0 Å². The Morgan fingerprint density at radius 2 is 1.87 bits per heavy atom. The Bertz CT molecular complexity index is 721. The van der Waals surface area contributed by atoms with Gasteiger partial charge in [-0.1, -0.05) is 12.5 Å². The zero-order valence-corrected chi connectivity index (χ0v) is 14.0. The summed E-state index contributed by atoms with van der Waals surface area (Å²) in [5.41, 5.74) is 1.91. The number of rotatable bonds is 2. The maximum Gasteiger partial charge on any atom is 0.252 e. The van der Waals surface area contributed by atoms with Crippen LogP contribution in [-0.4, -0.2) is 40.5 Å². The molecule has 1 aromatic carbocycles. The van der Waals surface area contributed by atoms with E-state index in [1.54, 1.807) is 0 Å². The molecule has 0 aliphatic carbocycles. The molecule has 1 amide bonds. The first-order valence-electron chi connectivity index (χ1n) is 8.70. The van der Waals surface area contributed by atoms with Gasteiger partial charge in [-0.2, -0.15) is 0 Å². The molecule has 3 heterocycles. The van der Waals surface area contributed by atoms with Gasteiger partial charge in [0.1, 0.15) is 0 Å². The molecular weight excluding hydrogens is 286 g/mol. The quantitative estimate of drug-likeness (QED) is 0.926. The molecule has 122 valence electrons. The third-order valence-electron chi connectivity index (χ3n) is 5.85. The molecule has 2 bridgehead atoms. The Kier molecular flexibility index (Phi) is 3.64. The fraction of sp³-hybridized carbons (Fsp3) is 0.526. The molecule has 2 fully saturated rings. The lowest BCUT2D eigenvalue weighted by molar-refractivity contribution is 0.0463. The smallest absolute Gasteiger partial charge is 0.252 e. The first-order valence-corrected chi connectivity index (χ1v) is 8.70. The Labute approximate surface area is 137 Å². The van der Waals surface area contributed by atoms with E-state index in [0.717, 1.165) is 29.3 Å². The molecule has 4 rings (SSSR count). The normalized spacial score (nSPS) is 28.0. The summed E-state index contributed by atoms with van der Waals surface area (Å²) in [6.45, 7) is 0. The molecule has 2 aromatic rings. The van der Waals surface area contributed by atoms with Crippen molar-refractivity contribution in [2.75, 3.05) is 7.05 Å². The third kappa shape index (κ3) is 2.55. The molecule has 23 heavy (non-hydrogen) atoms. The van der Waals surface area contributed by atoms with E-state index in [-0.39, 0.29) is 5.91 Å². The lowest BCUT2D eigenvalue weighted by Gasteiger charge is -2.47. The predicted molar refractivity (Wildman–Crippen MR) is 92.6 cm³/mol. The summed E-state index contributed by atoms with van der Waals surface area (Å²) in [6.07, 6.45) is 8.07. The minimum Gasteiger partial charge on any atom is -0.351 e. The van der Waals surface area contributed by atoms with Crippen LogP contribution in [0.3, 0.4) is 0 Å². The van der Waals surface area contributed by atoms with E-state index in [4.69, 9.17) is 0 Å². The summed E-state index contributed by atoms with van der Waals surface area (Å²) in [6, 6.07) is 9.60. The number of aryl methyl sites for hydroxylation is 1. The van der Waals surface area contributed by atoms with Crippen molar-refractivity contribution in [3.63, 3.8) is 0 Å². The van der Waals surface area contributed by atoms with Crippen LogP contribution in [0.2, 0.25) is 0 Å². The lowest BCUT2D eigenvalue weighted by atomic mass is 9.82.